The fourth-order valence-electron chi connectivity index (χ4n) is 2.35. The predicted octanol–water partition coefficient (Wildman–Crippen LogP) is 3.33. The Morgan fingerprint density at radius 2 is 2.22 bits per heavy atom. The predicted molar refractivity (Wildman–Crippen MR) is 82.5 cm³/mol. The Morgan fingerprint density at radius 3 is 2.83 bits per heavy atom. The molecule has 1 saturated heterocycles. The van der Waals surface area contributed by atoms with Crippen molar-refractivity contribution >= 4 is 6.09 Å². The normalized spacial score (nSPS) is 17.7. The largest absolute Gasteiger partial charge is 0.493 e. The van der Waals surface area contributed by atoms with Crippen LogP contribution in [0.3, 0.4) is 0 Å². The van der Waals surface area contributed by atoms with E-state index in [0.29, 0.717) is 25.4 Å². The summed E-state index contributed by atoms with van der Waals surface area (Å²) in [7, 11) is 0. The molecule has 1 heterocycles. The van der Waals surface area contributed by atoms with Crippen molar-refractivity contribution in [2.75, 3.05) is 19.7 Å². The molecule has 1 aliphatic rings. The highest BCUT2D eigenvalue weighted by molar-refractivity contribution is 5.68. The zero-order valence-electron chi connectivity index (χ0n) is 13.6. The number of hydrogen-bond donors (Lipinski definition) is 0. The minimum Gasteiger partial charge on any atom is -0.493 e. The molecule has 1 aromatic carbocycles. The van der Waals surface area contributed by atoms with Gasteiger partial charge >= 0.3 is 6.09 Å². The number of halogens is 1. The molecular weight excluding hydrogens is 299 g/mol. The van der Waals surface area contributed by atoms with Crippen molar-refractivity contribution in [3.8, 4) is 11.8 Å². The topological polar surface area (TPSA) is 62.6 Å². The summed E-state index contributed by atoms with van der Waals surface area (Å²) in [4.78, 5) is 13.6. The first-order valence-corrected chi connectivity index (χ1v) is 7.59. The van der Waals surface area contributed by atoms with Crippen LogP contribution in [0.2, 0.25) is 0 Å². The number of amides is 1. The standard InChI is InChI=1S/C17H21FN2O3/c1-17(2,3)23-16(21)20-7-6-12(10-20)11-22-14-5-4-13(9-19)15(18)8-14/h4-5,8,12H,6-7,10-11H2,1-3H3/t12-/m1/s1. The van der Waals surface area contributed by atoms with Crippen LogP contribution in [0.25, 0.3) is 0 Å². The molecule has 1 amide bonds. The van der Waals surface area contributed by atoms with E-state index in [-0.39, 0.29) is 17.6 Å². The number of nitrogens with zero attached hydrogens (tertiary/aromatic N) is 2. The van der Waals surface area contributed by atoms with Crippen molar-refractivity contribution in [1.29, 1.82) is 5.26 Å². The van der Waals surface area contributed by atoms with Gasteiger partial charge in [0.25, 0.3) is 0 Å². The number of rotatable bonds is 3. The molecule has 0 aliphatic carbocycles. The third kappa shape index (κ3) is 4.85. The summed E-state index contributed by atoms with van der Waals surface area (Å²) in [5.74, 6) is -0.0229. The van der Waals surface area contributed by atoms with Gasteiger partial charge in [0, 0.05) is 25.1 Å². The lowest BCUT2D eigenvalue weighted by molar-refractivity contribution is 0.0285. The van der Waals surface area contributed by atoms with E-state index in [1.54, 1.807) is 17.0 Å². The molecule has 6 heteroatoms. The zero-order chi connectivity index (χ0) is 17.0. The van der Waals surface area contributed by atoms with E-state index in [2.05, 4.69) is 0 Å². The second-order valence-corrected chi connectivity index (χ2v) is 6.65. The highest BCUT2D eigenvalue weighted by atomic mass is 19.1. The molecule has 0 saturated carbocycles. The van der Waals surface area contributed by atoms with Crippen LogP contribution in [-0.4, -0.2) is 36.3 Å². The van der Waals surface area contributed by atoms with Crippen LogP contribution in [0.1, 0.15) is 32.8 Å². The van der Waals surface area contributed by atoms with E-state index < -0.39 is 11.4 Å². The highest BCUT2D eigenvalue weighted by Gasteiger charge is 2.30. The van der Waals surface area contributed by atoms with Crippen LogP contribution in [0, 0.1) is 23.1 Å². The van der Waals surface area contributed by atoms with Crippen molar-refractivity contribution in [3.63, 3.8) is 0 Å². The summed E-state index contributed by atoms with van der Waals surface area (Å²) in [6.07, 6.45) is 0.502. The first-order valence-electron chi connectivity index (χ1n) is 7.59. The number of nitriles is 1. The number of benzene rings is 1. The Hall–Kier alpha value is -2.29. The van der Waals surface area contributed by atoms with Gasteiger partial charge in [0.1, 0.15) is 23.2 Å². The summed E-state index contributed by atoms with van der Waals surface area (Å²) in [6, 6.07) is 5.94. The van der Waals surface area contributed by atoms with E-state index in [1.165, 1.54) is 12.1 Å². The average molecular weight is 320 g/mol. The summed E-state index contributed by atoms with van der Waals surface area (Å²) in [5, 5.41) is 8.69. The smallest absolute Gasteiger partial charge is 0.410 e. The summed E-state index contributed by atoms with van der Waals surface area (Å²) in [5.41, 5.74) is -0.514. The number of likely N-dealkylation sites (tertiary alicyclic amines) is 1. The summed E-state index contributed by atoms with van der Waals surface area (Å²) < 4.78 is 24.4. The molecule has 124 valence electrons. The second-order valence-electron chi connectivity index (χ2n) is 6.65. The fraction of sp³-hybridized carbons (Fsp3) is 0.529. The van der Waals surface area contributed by atoms with Gasteiger partial charge in [0.05, 0.1) is 12.2 Å². The Morgan fingerprint density at radius 1 is 1.48 bits per heavy atom. The van der Waals surface area contributed by atoms with Crippen molar-refractivity contribution in [2.45, 2.75) is 32.8 Å². The van der Waals surface area contributed by atoms with Gasteiger partial charge in [-0.05, 0) is 39.3 Å². The van der Waals surface area contributed by atoms with Crippen molar-refractivity contribution in [1.82, 2.24) is 4.90 Å². The Bertz CT molecular complexity index is 619. The molecule has 1 fully saturated rings. The quantitative estimate of drug-likeness (QED) is 0.857. The maximum Gasteiger partial charge on any atom is 0.410 e. The molecule has 2 rings (SSSR count). The van der Waals surface area contributed by atoms with Crippen molar-refractivity contribution in [2.24, 2.45) is 5.92 Å². The Labute approximate surface area is 135 Å². The van der Waals surface area contributed by atoms with Crippen molar-refractivity contribution in [3.05, 3.63) is 29.6 Å². The maximum absolute atomic E-state index is 13.5. The van der Waals surface area contributed by atoms with Gasteiger partial charge in [-0.1, -0.05) is 0 Å². The van der Waals surface area contributed by atoms with Gasteiger partial charge < -0.3 is 14.4 Å². The van der Waals surface area contributed by atoms with Gasteiger partial charge in [-0.25, -0.2) is 9.18 Å². The second kappa shape index (κ2) is 6.86. The van der Waals surface area contributed by atoms with Gasteiger partial charge in [-0.15, -0.1) is 0 Å². The van der Waals surface area contributed by atoms with Crippen LogP contribution in [-0.2, 0) is 4.74 Å². The van der Waals surface area contributed by atoms with Crippen LogP contribution in [0.5, 0.6) is 5.75 Å². The Balaban J connectivity index is 1.83. The van der Waals surface area contributed by atoms with E-state index in [4.69, 9.17) is 14.7 Å². The average Bonchev–Trinajstić information content (AvgIpc) is 2.92. The summed E-state index contributed by atoms with van der Waals surface area (Å²) >= 11 is 0. The number of hydrogen-bond acceptors (Lipinski definition) is 4. The Kier molecular flexibility index (Phi) is 5.09. The number of carbonyl (C=O) groups is 1. The number of ether oxygens (including phenoxy) is 2. The first kappa shape index (κ1) is 17.1. The van der Waals surface area contributed by atoms with Crippen LogP contribution < -0.4 is 4.74 Å². The minimum absolute atomic E-state index is 0.00526. The van der Waals surface area contributed by atoms with E-state index in [1.807, 2.05) is 20.8 Å². The first-order chi connectivity index (χ1) is 10.8. The lowest BCUT2D eigenvalue weighted by Gasteiger charge is -2.24. The van der Waals surface area contributed by atoms with Crippen LogP contribution in [0.15, 0.2) is 18.2 Å². The molecule has 0 unspecified atom stereocenters. The molecule has 0 N–H and O–H groups in total. The number of carbonyl (C=O) groups excluding carboxylic acids is 1. The van der Waals surface area contributed by atoms with Gasteiger partial charge in [-0.2, -0.15) is 5.26 Å². The highest BCUT2D eigenvalue weighted by Crippen LogP contribution is 2.22. The van der Waals surface area contributed by atoms with Crippen LogP contribution in [0.4, 0.5) is 9.18 Å². The summed E-state index contributed by atoms with van der Waals surface area (Å²) in [6.45, 7) is 7.09. The van der Waals surface area contributed by atoms with Gasteiger partial charge in [0.2, 0.25) is 0 Å². The van der Waals surface area contributed by atoms with Gasteiger partial charge in [-0.3, -0.25) is 0 Å². The lowest BCUT2D eigenvalue weighted by atomic mass is 10.1. The molecule has 0 aromatic heterocycles. The molecule has 23 heavy (non-hydrogen) atoms. The fourth-order valence-corrected chi connectivity index (χ4v) is 2.35. The third-order valence-electron chi connectivity index (χ3n) is 3.48. The van der Waals surface area contributed by atoms with E-state index in [0.717, 1.165) is 6.42 Å². The monoisotopic (exact) mass is 320 g/mol. The molecule has 0 radical (unpaired) electrons. The minimum atomic E-state index is -0.591. The SMILES string of the molecule is CC(C)(C)OC(=O)N1CC[C@@H](COc2ccc(C#N)c(F)c2)C1. The maximum atomic E-state index is 13.5. The van der Waals surface area contributed by atoms with Gasteiger partial charge in [0.15, 0.2) is 0 Å². The molecule has 5 nitrogen and oxygen atoms in total. The molecular formula is C17H21FN2O3. The van der Waals surface area contributed by atoms with E-state index in [9.17, 15) is 9.18 Å². The third-order valence-corrected chi connectivity index (χ3v) is 3.48. The van der Waals surface area contributed by atoms with E-state index >= 15 is 0 Å². The zero-order valence-corrected chi connectivity index (χ0v) is 13.6. The lowest BCUT2D eigenvalue weighted by Crippen LogP contribution is -2.35. The molecule has 0 spiro atoms. The molecule has 1 atom stereocenters. The van der Waals surface area contributed by atoms with Crippen LogP contribution >= 0.6 is 0 Å². The van der Waals surface area contributed by atoms with Crippen molar-refractivity contribution < 1.29 is 18.7 Å². The molecule has 1 aromatic rings. The molecule has 0 bridgehead atoms. The molecule has 1 aliphatic heterocycles.